The zero-order valence-electron chi connectivity index (χ0n) is 53.1. The van der Waals surface area contributed by atoms with Crippen molar-refractivity contribution in [2.75, 3.05) is 26.2 Å². The fourth-order valence-electron chi connectivity index (χ4n) is 8.46. The first-order valence-corrected chi connectivity index (χ1v) is 33.6. The van der Waals surface area contributed by atoms with E-state index in [-0.39, 0.29) is 96.5 Å². The van der Waals surface area contributed by atoms with Gasteiger partial charge in [0.25, 0.3) is 23.6 Å². The van der Waals surface area contributed by atoms with Crippen LogP contribution in [0.2, 0.25) is 10.0 Å². The van der Waals surface area contributed by atoms with E-state index >= 15 is 0 Å². The molecule has 0 aliphatic carbocycles. The zero-order chi connectivity index (χ0) is 71.7. The predicted molar refractivity (Wildman–Crippen MR) is 381 cm³/mol. The highest BCUT2D eigenvalue weighted by molar-refractivity contribution is 8.15. The second-order valence-electron chi connectivity index (χ2n) is 20.7. The highest BCUT2D eigenvalue weighted by atomic mass is 35.5. The van der Waals surface area contributed by atoms with Crippen molar-refractivity contribution in [3.05, 3.63) is 248 Å². The van der Waals surface area contributed by atoms with Gasteiger partial charge in [-0.3, -0.25) is 67.5 Å². The van der Waals surface area contributed by atoms with Crippen LogP contribution in [-0.4, -0.2) is 104 Å². The highest BCUT2D eigenvalue weighted by Crippen LogP contribution is 2.33. The third-order valence-electron chi connectivity index (χ3n) is 13.0. The molecule has 8 rings (SSSR count). The minimum Gasteiger partial charge on any atom is -0.370 e. The van der Waals surface area contributed by atoms with Crippen LogP contribution in [0.4, 0.5) is 0 Å². The number of nitrogens with zero attached hydrogens (tertiary/aromatic N) is 2. The summed E-state index contributed by atoms with van der Waals surface area (Å²) >= 11 is 15.8. The molecule has 2 heterocycles. The molecule has 0 atom stereocenters. The topological polar surface area (TPSA) is 383 Å². The van der Waals surface area contributed by atoms with Gasteiger partial charge in [-0.25, -0.2) is 0 Å². The van der Waals surface area contributed by atoms with Crippen LogP contribution in [0.15, 0.2) is 196 Å². The molecule has 0 unspecified atom stereocenters. The number of hydrogen-bond acceptors (Lipinski definition) is 18. The van der Waals surface area contributed by atoms with E-state index in [1.807, 2.05) is 63.2 Å². The first-order valence-electron chi connectivity index (χ1n) is 29.6. The first kappa shape index (κ1) is 78.7. The van der Waals surface area contributed by atoms with E-state index < -0.39 is 29.5 Å². The van der Waals surface area contributed by atoms with Crippen LogP contribution in [0.3, 0.4) is 0 Å². The number of carbonyl (C=O) groups excluding carboxylic acids is 12. The normalized spacial score (nSPS) is 10.3. The van der Waals surface area contributed by atoms with E-state index in [4.69, 9.17) is 46.1 Å². The summed E-state index contributed by atoms with van der Waals surface area (Å²) in [5.74, 6) is -3.44. The Kier molecular flexibility index (Phi) is 33.1. The van der Waals surface area contributed by atoms with Crippen molar-refractivity contribution in [2.24, 2.45) is 22.9 Å². The van der Waals surface area contributed by atoms with Gasteiger partial charge in [-0.2, -0.15) is 0 Å². The molecule has 0 bridgehead atoms. The average molecular weight is 1440 g/mol. The predicted octanol–water partition coefficient (Wildman–Crippen LogP) is 9.85. The smallest absolute Gasteiger partial charge is 0.252 e. The zero-order valence-corrected chi connectivity index (χ0v) is 57.9. The van der Waals surface area contributed by atoms with Gasteiger partial charge < -0.3 is 44.2 Å². The number of pyridine rings is 2. The molecule has 0 saturated heterocycles. The maximum Gasteiger partial charge on any atom is 0.252 e. The molecule has 2 aromatic heterocycles. The number of halogens is 2. The number of amides is 8. The second-order valence-corrected chi connectivity index (χ2v) is 25.7. The number of primary amides is 4. The maximum atomic E-state index is 12.8. The Morgan fingerprint density at radius 3 is 1.20 bits per heavy atom. The van der Waals surface area contributed by atoms with Crippen molar-refractivity contribution < 1.29 is 57.5 Å². The Bertz CT molecular complexity index is 4170. The Hall–Kier alpha value is -9.96. The Morgan fingerprint density at radius 2 is 0.776 bits per heavy atom. The van der Waals surface area contributed by atoms with Crippen LogP contribution >= 0.6 is 70.2 Å². The van der Waals surface area contributed by atoms with Crippen LogP contribution in [0, 0.1) is 20.8 Å². The van der Waals surface area contributed by atoms with Gasteiger partial charge in [0.15, 0.2) is 5.12 Å². The SMILES string of the molecule is Cc1cc(C)c(C(=O)Sc2ccccc2C(=O)NCCC(N)=O)c(C)c1.NC(=O)CCNC(=O)c1ccc(Cl)cc1SC(=O)Cc1ccccc1.NC(=O)CCNC(=O)c1ccc(Cl)cc1SC(=O)c1cccnc1.NC(=O)CCNC(=O)c1ccccc1SC(=O)c1ccncc1. The summed E-state index contributed by atoms with van der Waals surface area (Å²) in [6, 6.07) is 42.9. The van der Waals surface area contributed by atoms with Crippen molar-refractivity contribution >= 4 is 138 Å². The molecule has 0 fully saturated rings. The van der Waals surface area contributed by atoms with Crippen LogP contribution in [0.5, 0.6) is 0 Å². The fraction of sp³-hybridized carbons (Fsp3) is 0.171. The minimum atomic E-state index is -0.507. The largest absolute Gasteiger partial charge is 0.370 e. The summed E-state index contributed by atoms with van der Waals surface area (Å²) < 4.78 is 0. The van der Waals surface area contributed by atoms with E-state index in [9.17, 15) is 57.5 Å². The molecule has 12 N–H and O–H groups in total. The Morgan fingerprint density at radius 1 is 0.388 bits per heavy atom. The van der Waals surface area contributed by atoms with E-state index in [2.05, 4.69) is 31.2 Å². The van der Waals surface area contributed by atoms with Crippen molar-refractivity contribution in [1.82, 2.24) is 31.2 Å². The monoisotopic (exact) mass is 1440 g/mol. The molecule has 0 spiro atoms. The maximum absolute atomic E-state index is 12.8. The lowest BCUT2D eigenvalue weighted by molar-refractivity contribution is -0.118. The number of aryl methyl sites for hydroxylation is 3. The van der Waals surface area contributed by atoms with Crippen molar-refractivity contribution in [2.45, 2.75) is 72.5 Å². The van der Waals surface area contributed by atoms with Crippen LogP contribution in [0.1, 0.15) is 120 Å². The summed E-state index contributed by atoms with van der Waals surface area (Å²) in [4.78, 5) is 151. The first-order chi connectivity index (χ1) is 46.8. The fourth-order valence-corrected chi connectivity index (χ4v) is 12.7. The summed E-state index contributed by atoms with van der Waals surface area (Å²) in [5.41, 5.74) is 27.0. The highest BCUT2D eigenvalue weighted by Gasteiger charge is 2.22. The minimum absolute atomic E-state index is 0.0381. The van der Waals surface area contributed by atoms with Crippen LogP contribution < -0.4 is 44.2 Å². The Labute approximate surface area is 592 Å². The molecule has 0 aliphatic heterocycles. The third-order valence-corrected chi connectivity index (χ3v) is 17.3. The van der Waals surface area contributed by atoms with Crippen molar-refractivity contribution in [3.63, 3.8) is 0 Å². The van der Waals surface area contributed by atoms with E-state index in [1.165, 1.54) is 24.7 Å². The van der Waals surface area contributed by atoms with Gasteiger partial charge in [0.1, 0.15) is 0 Å². The lowest BCUT2D eigenvalue weighted by Gasteiger charge is -2.12. The number of rotatable bonds is 25. The van der Waals surface area contributed by atoms with Gasteiger partial charge in [-0.15, -0.1) is 0 Å². The van der Waals surface area contributed by atoms with Crippen LogP contribution in [-0.2, 0) is 30.4 Å². The van der Waals surface area contributed by atoms with Gasteiger partial charge in [0.2, 0.25) is 39.0 Å². The molecule has 28 heteroatoms. The summed E-state index contributed by atoms with van der Waals surface area (Å²) in [7, 11) is 0. The lowest BCUT2D eigenvalue weighted by Crippen LogP contribution is -2.28. The molecule has 0 aliphatic rings. The third kappa shape index (κ3) is 27.6. The Balaban J connectivity index is 0.000000236. The summed E-state index contributed by atoms with van der Waals surface area (Å²) in [6.07, 6.45) is 6.57. The number of benzene rings is 6. The molecular formula is C70H68Cl2N10O12S4. The van der Waals surface area contributed by atoms with E-state index in [0.29, 0.717) is 68.6 Å². The van der Waals surface area contributed by atoms with Gasteiger partial charge in [0.05, 0.1) is 22.3 Å². The van der Waals surface area contributed by atoms with Gasteiger partial charge in [-0.05, 0) is 158 Å². The molecule has 8 amide bonds. The second kappa shape index (κ2) is 41.2. The van der Waals surface area contributed by atoms with E-state index in [1.54, 1.807) is 109 Å². The van der Waals surface area contributed by atoms with Gasteiger partial charge >= 0.3 is 0 Å². The molecule has 6 aromatic carbocycles. The molecule has 8 aromatic rings. The van der Waals surface area contributed by atoms with Crippen molar-refractivity contribution in [3.8, 4) is 0 Å². The quantitative estimate of drug-likeness (QED) is 0.0247. The molecule has 0 radical (unpaired) electrons. The number of hydrogen-bond donors (Lipinski definition) is 8. The van der Waals surface area contributed by atoms with Crippen LogP contribution in [0.25, 0.3) is 0 Å². The number of nitrogens with one attached hydrogen (secondary N) is 4. The number of thioether (sulfide) groups is 4. The summed E-state index contributed by atoms with van der Waals surface area (Å²) in [6.45, 7) is 6.40. The molecule has 22 nitrogen and oxygen atoms in total. The number of nitrogens with two attached hydrogens (primary N) is 4. The van der Waals surface area contributed by atoms with Gasteiger partial charge in [-0.1, -0.05) is 107 Å². The summed E-state index contributed by atoms with van der Waals surface area (Å²) in [5, 5.41) is 10.7. The average Bonchev–Trinajstić information content (AvgIpc) is 0.840. The lowest BCUT2D eigenvalue weighted by atomic mass is 10.0. The molecule has 0 saturated carbocycles. The van der Waals surface area contributed by atoms with Crippen molar-refractivity contribution in [1.29, 1.82) is 0 Å². The van der Waals surface area contributed by atoms with Gasteiger partial charge in [0, 0.05) is 129 Å². The number of carbonyl (C=O) groups is 12. The molecular weight excluding hydrogens is 1370 g/mol. The van der Waals surface area contributed by atoms with E-state index in [0.717, 1.165) is 69.3 Å². The standard InChI is InChI=1S/C20H22N2O3S.C18H17ClN2O3S.C16H14ClN3O3S.C16H15N3O3S/c1-12-10-13(2)18(14(3)11-12)20(25)26-16-7-5-4-6-15(16)19(24)22-9-8-17(21)23;19-13-6-7-14(18(24)21-9-8-16(20)22)15(11-13)25-17(23)10-12-4-2-1-3-5-12;17-11-3-4-12(15(22)20-7-5-14(18)21)13(8-11)24-16(23)10-2-1-6-19-9-10;17-14(20)7-10-19-15(21)12-3-1-2-4-13(12)23-16(22)11-5-8-18-9-6-11/h4-7,10-11H,8-9H2,1-3H3,(H2,21,23)(H,22,24);1-7,11H,8-10H2,(H2,20,22)(H,21,24);1-4,6,8-9H,5,7H2,(H2,18,21)(H,20,22);1-6,8-9H,7,10H2,(H2,17,20)(H,19,21). The molecule has 98 heavy (non-hydrogen) atoms. The molecule has 508 valence electrons. The number of aromatic nitrogens is 2.